The minimum atomic E-state index is -0.709. The zero-order chi connectivity index (χ0) is 19.8. The summed E-state index contributed by atoms with van der Waals surface area (Å²) in [6, 6.07) is 18.3. The van der Waals surface area contributed by atoms with Crippen molar-refractivity contribution in [3.63, 3.8) is 0 Å². The largest absolute Gasteiger partial charge is 0.294 e. The molecule has 0 amide bonds. The van der Waals surface area contributed by atoms with E-state index in [1.165, 1.54) is 36.4 Å². The highest BCUT2D eigenvalue weighted by Crippen LogP contribution is 2.50. The number of rotatable bonds is 3. The van der Waals surface area contributed by atoms with Crippen LogP contribution >= 0.6 is 0 Å². The van der Waals surface area contributed by atoms with Gasteiger partial charge in [-0.3, -0.25) is 4.79 Å². The molecule has 1 aliphatic carbocycles. The SMILES string of the molecule is C[C@H]1C(=O)C(c2ccc(F)cc2)=C(c2cc(F)cc(F)c2)C1c1ccccc1. The quantitative estimate of drug-likeness (QED) is 0.545. The van der Waals surface area contributed by atoms with Crippen molar-refractivity contribution in [3.8, 4) is 0 Å². The van der Waals surface area contributed by atoms with Crippen molar-refractivity contribution in [2.45, 2.75) is 12.8 Å². The summed E-state index contributed by atoms with van der Waals surface area (Å²) >= 11 is 0. The van der Waals surface area contributed by atoms with Crippen LogP contribution in [0.5, 0.6) is 0 Å². The zero-order valence-corrected chi connectivity index (χ0v) is 15.1. The average Bonchev–Trinajstić information content (AvgIpc) is 2.94. The Hall–Kier alpha value is -3.14. The van der Waals surface area contributed by atoms with Gasteiger partial charge in [0.15, 0.2) is 5.78 Å². The van der Waals surface area contributed by atoms with Gasteiger partial charge in [0, 0.05) is 23.5 Å². The predicted molar refractivity (Wildman–Crippen MR) is 103 cm³/mol. The number of hydrogen-bond donors (Lipinski definition) is 0. The summed E-state index contributed by atoms with van der Waals surface area (Å²) in [5.74, 6) is -2.72. The molecule has 140 valence electrons. The van der Waals surface area contributed by atoms with E-state index < -0.39 is 23.4 Å². The molecule has 0 saturated carbocycles. The smallest absolute Gasteiger partial charge is 0.167 e. The molecule has 0 saturated heterocycles. The number of allylic oxidation sites excluding steroid dienone is 2. The molecule has 0 bridgehead atoms. The van der Waals surface area contributed by atoms with Gasteiger partial charge in [0.05, 0.1) is 0 Å². The molecule has 0 N–H and O–H groups in total. The van der Waals surface area contributed by atoms with Crippen molar-refractivity contribution in [1.29, 1.82) is 0 Å². The highest BCUT2D eigenvalue weighted by atomic mass is 19.1. The topological polar surface area (TPSA) is 17.1 Å². The van der Waals surface area contributed by atoms with Gasteiger partial charge in [0.25, 0.3) is 0 Å². The lowest BCUT2D eigenvalue weighted by Crippen LogP contribution is -2.12. The molecule has 0 aromatic heterocycles. The van der Waals surface area contributed by atoms with Crippen LogP contribution in [0.1, 0.15) is 29.5 Å². The monoisotopic (exact) mass is 378 g/mol. The molecule has 4 rings (SSSR count). The lowest BCUT2D eigenvalue weighted by Gasteiger charge is -2.20. The third-order valence-corrected chi connectivity index (χ3v) is 5.21. The summed E-state index contributed by atoms with van der Waals surface area (Å²) < 4.78 is 41.4. The van der Waals surface area contributed by atoms with Gasteiger partial charge in [-0.25, -0.2) is 13.2 Å². The van der Waals surface area contributed by atoms with Crippen molar-refractivity contribution in [3.05, 3.63) is 107 Å². The third kappa shape index (κ3) is 3.15. The molecular formula is C24H17F3O. The van der Waals surface area contributed by atoms with Crippen molar-refractivity contribution in [2.75, 3.05) is 0 Å². The maximum absolute atomic E-state index is 14.0. The highest BCUT2D eigenvalue weighted by Gasteiger charge is 2.41. The maximum Gasteiger partial charge on any atom is 0.167 e. The lowest BCUT2D eigenvalue weighted by molar-refractivity contribution is -0.116. The summed E-state index contributed by atoms with van der Waals surface area (Å²) in [4.78, 5) is 13.2. The van der Waals surface area contributed by atoms with Crippen LogP contribution in [-0.2, 0) is 4.79 Å². The Labute approximate surface area is 161 Å². The van der Waals surface area contributed by atoms with E-state index in [9.17, 15) is 18.0 Å². The van der Waals surface area contributed by atoms with Crippen LogP contribution in [0.3, 0.4) is 0 Å². The number of halogens is 3. The molecule has 3 aromatic rings. The van der Waals surface area contributed by atoms with Crippen molar-refractivity contribution in [2.24, 2.45) is 5.92 Å². The summed E-state index contributed by atoms with van der Waals surface area (Å²) in [5, 5.41) is 0. The average molecular weight is 378 g/mol. The molecule has 0 aliphatic heterocycles. The summed E-state index contributed by atoms with van der Waals surface area (Å²) in [7, 11) is 0. The Bertz CT molecular complexity index is 1050. The van der Waals surface area contributed by atoms with Gasteiger partial charge in [0.2, 0.25) is 0 Å². The van der Waals surface area contributed by atoms with Gasteiger partial charge in [-0.15, -0.1) is 0 Å². The van der Waals surface area contributed by atoms with Crippen LogP contribution in [0.25, 0.3) is 11.1 Å². The Morgan fingerprint density at radius 2 is 1.32 bits per heavy atom. The van der Waals surface area contributed by atoms with Gasteiger partial charge in [-0.05, 0) is 46.5 Å². The third-order valence-electron chi connectivity index (χ3n) is 5.21. The Balaban J connectivity index is 2.01. The summed E-state index contributed by atoms with van der Waals surface area (Å²) in [5.41, 5.74) is 2.69. The molecule has 2 atom stereocenters. The van der Waals surface area contributed by atoms with E-state index in [4.69, 9.17) is 0 Å². The van der Waals surface area contributed by atoms with Gasteiger partial charge >= 0.3 is 0 Å². The molecule has 0 radical (unpaired) electrons. The maximum atomic E-state index is 14.0. The van der Waals surface area contributed by atoms with Gasteiger partial charge in [-0.2, -0.15) is 0 Å². The Kier molecular flexibility index (Phi) is 4.63. The minimum Gasteiger partial charge on any atom is -0.294 e. The van der Waals surface area contributed by atoms with Crippen molar-refractivity contribution < 1.29 is 18.0 Å². The normalized spacial score (nSPS) is 19.4. The molecule has 1 unspecified atom stereocenters. The van der Waals surface area contributed by atoms with Crippen molar-refractivity contribution >= 4 is 16.9 Å². The molecule has 28 heavy (non-hydrogen) atoms. The van der Waals surface area contributed by atoms with Gasteiger partial charge in [0.1, 0.15) is 17.5 Å². The molecule has 3 aromatic carbocycles. The van der Waals surface area contributed by atoms with Gasteiger partial charge < -0.3 is 0 Å². The lowest BCUT2D eigenvalue weighted by atomic mass is 9.82. The van der Waals surface area contributed by atoms with E-state index in [1.807, 2.05) is 37.3 Å². The molecule has 0 spiro atoms. The van der Waals surface area contributed by atoms with E-state index in [0.717, 1.165) is 11.6 Å². The number of carbonyl (C=O) groups excluding carboxylic acids is 1. The molecule has 1 aliphatic rings. The van der Waals surface area contributed by atoms with Crippen LogP contribution in [0.4, 0.5) is 13.2 Å². The molecule has 0 heterocycles. The van der Waals surface area contributed by atoms with E-state index in [1.54, 1.807) is 0 Å². The number of benzene rings is 3. The van der Waals surface area contributed by atoms with E-state index in [0.29, 0.717) is 22.3 Å². The van der Waals surface area contributed by atoms with E-state index in [2.05, 4.69) is 0 Å². The molecule has 4 heteroatoms. The number of hydrogen-bond acceptors (Lipinski definition) is 1. The van der Waals surface area contributed by atoms with Crippen LogP contribution in [0.2, 0.25) is 0 Å². The van der Waals surface area contributed by atoms with E-state index in [-0.39, 0.29) is 11.7 Å². The highest BCUT2D eigenvalue weighted by molar-refractivity contribution is 6.33. The fourth-order valence-corrected chi connectivity index (χ4v) is 3.98. The Morgan fingerprint density at radius 3 is 1.93 bits per heavy atom. The second kappa shape index (κ2) is 7.12. The molecular weight excluding hydrogens is 361 g/mol. The van der Waals surface area contributed by atoms with Crippen LogP contribution in [0.15, 0.2) is 72.8 Å². The fraction of sp³-hybridized carbons (Fsp3) is 0.125. The number of ketones is 1. The first kappa shape index (κ1) is 18.2. The first-order valence-electron chi connectivity index (χ1n) is 9.01. The predicted octanol–water partition coefficient (Wildman–Crippen LogP) is 6.02. The van der Waals surface area contributed by atoms with Gasteiger partial charge in [-0.1, -0.05) is 49.4 Å². The van der Waals surface area contributed by atoms with Crippen molar-refractivity contribution in [1.82, 2.24) is 0 Å². The summed E-state index contributed by atoms with van der Waals surface area (Å²) in [6.07, 6.45) is 0. The van der Waals surface area contributed by atoms with Crippen LogP contribution in [-0.4, -0.2) is 5.78 Å². The second-order valence-corrected chi connectivity index (χ2v) is 6.99. The van der Waals surface area contributed by atoms with Crippen LogP contribution in [0, 0.1) is 23.4 Å². The first-order chi connectivity index (χ1) is 13.5. The summed E-state index contributed by atoms with van der Waals surface area (Å²) in [6.45, 7) is 1.81. The minimum absolute atomic E-state index is 0.125. The standard InChI is InChI=1S/C24H17F3O/c1-14-21(15-5-3-2-4-6-15)22(17-11-19(26)13-20(27)12-17)23(24(14)28)16-7-9-18(25)10-8-16/h2-14,21H,1H3/t14-,21?/m1/s1. The van der Waals surface area contributed by atoms with Crippen LogP contribution < -0.4 is 0 Å². The number of carbonyl (C=O) groups is 1. The molecule has 1 nitrogen and oxygen atoms in total. The second-order valence-electron chi connectivity index (χ2n) is 6.99. The Morgan fingerprint density at radius 1 is 0.714 bits per heavy atom. The first-order valence-corrected chi connectivity index (χ1v) is 9.01. The zero-order valence-electron chi connectivity index (χ0n) is 15.1. The number of Topliss-reactive ketones (excluding diaryl/α,β-unsaturated/α-hetero) is 1. The fourth-order valence-electron chi connectivity index (χ4n) is 3.98. The molecule has 0 fully saturated rings. The van der Waals surface area contributed by atoms with E-state index >= 15 is 0 Å².